The Labute approximate surface area is 116 Å². The first kappa shape index (κ1) is 16.0. The average molecular weight is 284 g/mol. The molecule has 0 unspecified atom stereocenters. The molecule has 1 rings (SSSR count). The smallest absolute Gasteiger partial charge is 0.241 e. The number of anilines is 1. The molecule has 0 amide bonds. The summed E-state index contributed by atoms with van der Waals surface area (Å²) in [6.45, 7) is 9.04. The molecule has 1 aromatic rings. The number of nitrogens with one attached hydrogen (secondary N) is 2. The molecule has 0 fully saturated rings. The lowest BCUT2D eigenvalue weighted by atomic mass is 10.1. The highest BCUT2D eigenvalue weighted by atomic mass is 32.2. The summed E-state index contributed by atoms with van der Waals surface area (Å²) in [6, 6.07) is 3.76. The Hall–Kier alpha value is -1.07. The molecular formula is C14H24N2O2S. The molecule has 0 aliphatic rings. The number of unbranched alkanes of at least 4 members (excludes halogenated alkanes) is 1. The molecule has 0 spiro atoms. The van der Waals surface area contributed by atoms with Gasteiger partial charge in [-0.05, 0) is 50.5 Å². The van der Waals surface area contributed by atoms with E-state index in [1.54, 1.807) is 0 Å². The van der Waals surface area contributed by atoms with Gasteiger partial charge in [-0.25, -0.2) is 13.1 Å². The van der Waals surface area contributed by atoms with Crippen LogP contribution in [0.1, 0.15) is 37.8 Å². The van der Waals surface area contributed by atoms with Crippen LogP contribution in [0.4, 0.5) is 5.69 Å². The van der Waals surface area contributed by atoms with Crippen molar-refractivity contribution < 1.29 is 8.42 Å². The minimum atomic E-state index is -3.40. The third-order valence-electron chi connectivity index (χ3n) is 2.93. The second kappa shape index (κ2) is 6.91. The zero-order valence-corrected chi connectivity index (χ0v) is 13.0. The fraction of sp³-hybridized carbons (Fsp3) is 0.571. The third kappa shape index (κ3) is 4.21. The molecule has 4 nitrogen and oxygen atoms in total. The van der Waals surface area contributed by atoms with Crippen molar-refractivity contribution in [2.24, 2.45) is 0 Å². The molecule has 0 heterocycles. The number of sulfonamides is 1. The van der Waals surface area contributed by atoms with Crippen LogP contribution in [0.25, 0.3) is 0 Å². The van der Waals surface area contributed by atoms with E-state index >= 15 is 0 Å². The van der Waals surface area contributed by atoms with Crippen molar-refractivity contribution in [2.75, 3.05) is 18.4 Å². The quantitative estimate of drug-likeness (QED) is 0.757. The Bertz CT molecular complexity index is 501. The van der Waals surface area contributed by atoms with Gasteiger partial charge in [-0.3, -0.25) is 0 Å². The van der Waals surface area contributed by atoms with Gasteiger partial charge in [0.05, 0.1) is 4.90 Å². The highest BCUT2D eigenvalue weighted by Gasteiger charge is 2.19. The SMILES string of the molecule is CCCCNS(=O)(=O)c1c(C)cc(NCC)cc1C. The molecule has 5 heteroatoms. The van der Waals surface area contributed by atoms with Crippen molar-refractivity contribution in [3.05, 3.63) is 23.3 Å². The summed E-state index contributed by atoms with van der Waals surface area (Å²) in [6.07, 6.45) is 1.83. The number of hydrogen-bond acceptors (Lipinski definition) is 3. The monoisotopic (exact) mass is 284 g/mol. The minimum Gasteiger partial charge on any atom is -0.385 e. The number of benzene rings is 1. The zero-order valence-electron chi connectivity index (χ0n) is 12.2. The van der Waals surface area contributed by atoms with Gasteiger partial charge in [0.25, 0.3) is 0 Å². The fourth-order valence-electron chi connectivity index (χ4n) is 2.14. The molecule has 0 bridgehead atoms. The van der Waals surface area contributed by atoms with Gasteiger partial charge in [0.15, 0.2) is 0 Å². The first-order valence-corrected chi connectivity index (χ1v) is 8.25. The van der Waals surface area contributed by atoms with Gasteiger partial charge in [-0.1, -0.05) is 13.3 Å². The first-order valence-electron chi connectivity index (χ1n) is 6.77. The van der Waals surface area contributed by atoms with Gasteiger partial charge in [-0.2, -0.15) is 0 Å². The lowest BCUT2D eigenvalue weighted by Crippen LogP contribution is -2.26. The van der Waals surface area contributed by atoms with Crippen molar-refractivity contribution in [3.63, 3.8) is 0 Å². The first-order chi connectivity index (χ1) is 8.92. The summed E-state index contributed by atoms with van der Waals surface area (Å²) in [5.74, 6) is 0. The summed E-state index contributed by atoms with van der Waals surface area (Å²) in [7, 11) is -3.40. The highest BCUT2D eigenvalue weighted by molar-refractivity contribution is 7.89. The van der Waals surface area contributed by atoms with Crippen molar-refractivity contribution in [2.45, 2.75) is 45.4 Å². The van der Waals surface area contributed by atoms with Crippen LogP contribution in [0, 0.1) is 13.8 Å². The van der Waals surface area contributed by atoms with Crippen molar-refractivity contribution >= 4 is 15.7 Å². The molecule has 19 heavy (non-hydrogen) atoms. The summed E-state index contributed by atoms with van der Waals surface area (Å²) < 4.78 is 27.2. The molecule has 0 aliphatic heterocycles. The number of hydrogen-bond donors (Lipinski definition) is 2. The van der Waals surface area contributed by atoms with E-state index in [4.69, 9.17) is 0 Å². The van der Waals surface area contributed by atoms with Crippen LogP contribution in [0.5, 0.6) is 0 Å². The van der Waals surface area contributed by atoms with Gasteiger partial charge in [0.2, 0.25) is 10.0 Å². The maximum Gasteiger partial charge on any atom is 0.241 e. The van der Waals surface area contributed by atoms with Gasteiger partial charge in [-0.15, -0.1) is 0 Å². The molecule has 0 aliphatic carbocycles. The summed E-state index contributed by atoms with van der Waals surface area (Å²) in [4.78, 5) is 0.408. The van der Waals surface area contributed by atoms with Gasteiger partial charge in [0.1, 0.15) is 0 Å². The zero-order chi connectivity index (χ0) is 14.5. The molecule has 1 aromatic carbocycles. The molecule has 108 valence electrons. The average Bonchev–Trinajstić information content (AvgIpc) is 2.28. The molecule has 2 N–H and O–H groups in total. The van der Waals surface area contributed by atoms with Crippen molar-refractivity contribution in [1.29, 1.82) is 0 Å². The van der Waals surface area contributed by atoms with Crippen LogP contribution >= 0.6 is 0 Å². The second-order valence-corrected chi connectivity index (χ2v) is 6.42. The Balaban J connectivity index is 3.06. The van der Waals surface area contributed by atoms with E-state index in [-0.39, 0.29) is 0 Å². The maximum atomic E-state index is 12.3. The predicted molar refractivity (Wildman–Crippen MR) is 80.2 cm³/mol. The Morgan fingerprint density at radius 2 is 1.68 bits per heavy atom. The predicted octanol–water partition coefficient (Wildman–Crippen LogP) is 2.81. The van der Waals surface area contributed by atoms with Gasteiger partial charge in [0, 0.05) is 18.8 Å². The molecule has 0 saturated heterocycles. The van der Waals surface area contributed by atoms with Crippen LogP contribution in [-0.2, 0) is 10.0 Å². The van der Waals surface area contributed by atoms with Crippen LogP contribution in [-0.4, -0.2) is 21.5 Å². The Morgan fingerprint density at radius 3 is 2.16 bits per heavy atom. The summed E-state index contributed by atoms with van der Waals surface area (Å²) >= 11 is 0. The van der Waals surface area contributed by atoms with Crippen LogP contribution in [0.3, 0.4) is 0 Å². The van der Waals surface area contributed by atoms with Crippen LogP contribution in [0.15, 0.2) is 17.0 Å². The second-order valence-electron chi connectivity index (χ2n) is 4.72. The number of rotatable bonds is 7. The summed E-state index contributed by atoms with van der Waals surface area (Å²) in [5.41, 5.74) is 2.52. The maximum absolute atomic E-state index is 12.3. The molecule has 0 aromatic heterocycles. The molecule has 0 atom stereocenters. The molecule has 0 saturated carbocycles. The van der Waals surface area contributed by atoms with E-state index in [0.717, 1.165) is 36.2 Å². The van der Waals surface area contributed by atoms with E-state index in [2.05, 4.69) is 10.0 Å². The highest BCUT2D eigenvalue weighted by Crippen LogP contribution is 2.24. The van der Waals surface area contributed by atoms with Crippen LogP contribution < -0.4 is 10.0 Å². The van der Waals surface area contributed by atoms with Gasteiger partial charge >= 0.3 is 0 Å². The largest absolute Gasteiger partial charge is 0.385 e. The normalized spacial score (nSPS) is 11.6. The van der Waals surface area contributed by atoms with E-state index in [1.165, 1.54) is 0 Å². The number of aryl methyl sites for hydroxylation is 2. The molecular weight excluding hydrogens is 260 g/mol. The van der Waals surface area contributed by atoms with Crippen molar-refractivity contribution in [1.82, 2.24) is 4.72 Å². The lowest BCUT2D eigenvalue weighted by Gasteiger charge is -2.14. The topological polar surface area (TPSA) is 58.2 Å². The summed E-state index contributed by atoms with van der Waals surface area (Å²) in [5, 5.41) is 3.20. The van der Waals surface area contributed by atoms with Gasteiger partial charge < -0.3 is 5.32 Å². The lowest BCUT2D eigenvalue weighted by molar-refractivity contribution is 0.577. The van der Waals surface area contributed by atoms with E-state index < -0.39 is 10.0 Å². The minimum absolute atomic E-state index is 0.408. The van der Waals surface area contributed by atoms with Crippen LogP contribution in [0.2, 0.25) is 0 Å². The molecule has 0 radical (unpaired) electrons. The van der Waals surface area contributed by atoms with E-state index in [1.807, 2.05) is 39.8 Å². The fourth-order valence-corrected chi connectivity index (χ4v) is 3.66. The van der Waals surface area contributed by atoms with E-state index in [9.17, 15) is 8.42 Å². The van der Waals surface area contributed by atoms with E-state index in [0.29, 0.717) is 11.4 Å². The van der Waals surface area contributed by atoms with Crippen molar-refractivity contribution in [3.8, 4) is 0 Å². The Kier molecular flexibility index (Phi) is 5.82. The Morgan fingerprint density at radius 1 is 1.11 bits per heavy atom. The standard InChI is InChI=1S/C14H24N2O2S/c1-5-7-8-16-19(17,18)14-11(3)9-13(15-6-2)10-12(14)4/h9-10,15-16H,5-8H2,1-4H3. The third-order valence-corrected chi connectivity index (χ3v) is 4.70.